The Kier molecular flexibility index (Phi) is 5.05. The number of nitrogens with one attached hydrogen (secondary N) is 1. The maximum Gasteiger partial charge on any atom is 0.407 e. The van der Waals surface area contributed by atoms with Crippen LogP contribution in [0.25, 0.3) is 0 Å². The Morgan fingerprint density at radius 1 is 1.38 bits per heavy atom. The summed E-state index contributed by atoms with van der Waals surface area (Å²) in [6.45, 7) is 3.72. The van der Waals surface area contributed by atoms with Crippen LogP contribution in [0.2, 0.25) is 0 Å². The van der Waals surface area contributed by atoms with Gasteiger partial charge in [0, 0.05) is 13.1 Å². The Labute approximate surface area is 92.3 Å². The highest BCUT2D eigenvalue weighted by Crippen LogP contribution is 2.24. The molecule has 3 N–H and O–H groups in total. The Morgan fingerprint density at radius 2 is 1.88 bits per heavy atom. The number of nitrogens with two attached hydrogens (primary N) is 1. The lowest BCUT2D eigenvalue weighted by atomic mass is 10.1. The molecule has 0 bridgehead atoms. The molecule has 0 saturated heterocycles. The van der Waals surface area contributed by atoms with Gasteiger partial charge in [0.1, 0.15) is 5.60 Å². The molecule has 96 valence electrons. The van der Waals surface area contributed by atoms with Gasteiger partial charge in [-0.25, -0.2) is 4.79 Å². The third-order valence-corrected chi connectivity index (χ3v) is 1.64. The van der Waals surface area contributed by atoms with E-state index in [2.05, 4.69) is 0 Å². The summed E-state index contributed by atoms with van der Waals surface area (Å²) in [5.41, 5.74) is 4.22. The van der Waals surface area contributed by atoms with Crippen LogP contribution in [0.15, 0.2) is 0 Å². The highest BCUT2D eigenvalue weighted by atomic mass is 19.4. The summed E-state index contributed by atoms with van der Waals surface area (Å²) in [4.78, 5) is 11.1. The third-order valence-electron chi connectivity index (χ3n) is 1.64. The summed E-state index contributed by atoms with van der Waals surface area (Å²) in [5.74, 6) is -1.75. The molecule has 0 aliphatic carbocycles. The Hall–Kier alpha value is -0.980. The van der Waals surface area contributed by atoms with Crippen LogP contribution in [0.4, 0.5) is 18.0 Å². The van der Waals surface area contributed by atoms with Crippen molar-refractivity contribution >= 4 is 6.09 Å². The van der Waals surface area contributed by atoms with Crippen LogP contribution in [0.3, 0.4) is 0 Å². The highest BCUT2D eigenvalue weighted by Gasteiger charge is 2.38. The van der Waals surface area contributed by atoms with Gasteiger partial charge in [0.25, 0.3) is 0 Å². The van der Waals surface area contributed by atoms with Gasteiger partial charge in [-0.05, 0) is 20.8 Å². The molecule has 4 nitrogen and oxygen atoms in total. The number of hydrogen-bond acceptors (Lipinski definition) is 3. The van der Waals surface area contributed by atoms with Crippen LogP contribution in [0.1, 0.15) is 20.8 Å². The molecule has 0 aliphatic heterocycles. The minimum Gasteiger partial charge on any atom is -0.444 e. The van der Waals surface area contributed by atoms with Crippen molar-refractivity contribution in [2.75, 3.05) is 13.1 Å². The minimum atomic E-state index is -4.41. The number of carbonyl (C=O) groups is 1. The van der Waals surface area contributed by atoms with E-state index in [1.165, 1.54) is 0 Å². The molecule has 0 spiro atoms. The van der Waals surface area contributed by atoms with E-state index in [1.54, 1.807) is 20.8 Å². The zero-order valence-electron chi connectivity index (χ0n) is 9.52. The van der Waals surface area contributed by atoms with E-state index in [4.69, 9.17) is 10.5 Å². The predicted octanol–water partition coefficient (Wildman–Crippen LogP) is 1.65. The second-order valence-corrected chi connectivity index (χ2v) is 4.36. The number of alkyl carbamates (subject to hydrolysis) is 1. The fraction of sp³-hybridized carbons (Fsp3) is 0.889. The van der Waals surface area contributed by atoms with Gasteiger partial charge in [0.05, 0.1) is 5.92 Å². The van der Waals surface area contributed by atoms with E-state index in [-0.39, 0.29) is 0 Å². The molecule has 16 heavy (non-hydrogen) atoms. The number of ether oxygens (including phenoxy) is 1. The summed E-state index contributed by atoms with van der Waals surface area (Å²) in [7, 11) is 0. The van der Waals surface area contributed by atoms with Crippen molar-refractivity contribution in [3.05, 3.63) is 0 Å². The average Bonchev–Trinajstić information content (AvgIpc) is 1.98. The lowest BCUT2D eigenvalue weighted by Gasteiger charge is -2.22. The van der Waals surface area contributed by atoms with Gasteiger partial charge in [0.2, 0.25) is 0 Å². The van der Waals surface area contributed by atoms with E-state index in [0.717, 1.165) is 0 Å². The van der Waals surface area contributed by atoms with E-state index >= 15 is 0 Å². The standard InChI is InChI=1S/C9H17F3N2O2/c1-8(2,3)16-7(15)14-5-6(4-13)9(10,11)12/h6H,4-5,13H2,1-3H3,(H,14,15). The topological polar surface area (TPSA) is 64.3 Å². The van der Waals surface area contributed by atoms with Gasteiger partial charge in [-0.1, -0.05) is 0 Å². The number of carbonyl (C=O) groups excluding carboxylic acids is 1. The first kappa shape index (κ1) is 15.0. The molecule has 0 fully saturated rings. The molecule has 7 heteroatoms. The quantitative estimate of drug-likeness (QED) is 0.790. The fourth-order valence-electron chi connectivity index (χ4n) is 0.853. The van der Waals surface area contributed by atoms with Crippen molar-refractivity contribution in [2.45, 2.75) is 32.5 Å². The molecule has 0 heterocycles. The van der Waals surface area contributed by atoms with E-state index in [1.807, 2.05) is 5.32 Å². The van der Waals surface area contributed by atoms with Crippen LogP contribution in [-0.2, 0) is 4.74 Å². The van der Waals surface area contributed by atoms with Gasteiger partial charge in [-0.15, -0.1) is 0 Å². The zero-order valence-corrected chi connectivity index (χ0v) is 9.52. The predicted molar refractivity (Wildman–Crippen MR) is 52.8 cm³/mol. The first-order chi connectivity index (χ1) is 7.06. The van der Waals surface area contributed by atoms with E-state index < -0.39 is 36.9 Å². The Bertz CT molecular complexity index is 236. The van der Waals surface area contributed by atoms with Crippen molar-refractivity contribution in [1.82, 2.24) is 5.32 Å². The van der Waals surface area contributed by atoms with Crippen molar-refractivity contribution in [3.63, 3.8) is 0 Å². The molecule has 0 aromatic carbocycles. The normalized spacial score (nSPS) is 14.4. The molecule has 0 radical (unpaired) electrons. The monoisotopic (exact) mass is 242 g/mol. The highest BCUT2D eigenvalue weighted by molar-refractivity contribution is 5.67. The zero-order chi connectivity index (χ0) is 13.0. The van der Waals surface area contributed by atoms with Gasteiger partial charge < -0.3 is 15.8 Å². The maximum atomic E-state index is 12.2. The summed E-state index contributed by atoms with van der Waals surface area (Å²) >= 11 is 0. The van der Waals surface area contributed by atoms with Gasteiger partial charge >= 0.3 is 12.3 Å². The third kappa shape index (κ3) is 6.49. The van der Waals surface area contributed by atoms with Crippen molar-refractivity contribution in [3.8, 4) is 0 Å². The molecule has 0 aromatic rings. The second kappa shape index (κ2) is 5.38. The lowest BCUT2D eigenvalue weighted by Crippen LogP contribution is -2.42. The minimum absolute atomic E-state index is 0.570. The SMILES string of the molecule is CC(C)(C)OC(=O)NCC(CN)C(F)(F)F. The Morgan fingerprint density at radius 3 is 2.19 bits per heavy atom. The van der Waals surface area contributed by atoms with Crippen LogP contribution in [-0.4, -0.2) is 31.0 Å². The van der Waals surface area contributed by atoms with Crippen LogP contribution in [0, 0.1) is 5.92 Å². The number of halogens is 3. The molecule has 1 amide bonds. The molecule has 0 saturated carbocycles. The Balaban J connectivity index is 4.09. The molecule has 0 rings (SSSR count). The molecule has 0 aliphatic rings. The first-order valence-corrected chi connectivity index (χ1v) is 4.80. The summed E-state index contributed by atoms with van der Waals surface area (Å²) in [6, 6.07) is 0. The van der Waals surface area contributed by atoms with Crippen molar-refractivity contribution in [1.29, 1.82) is 0 Å². The van der Waals surface area contributed by atoms with E-state index in [0.29, 0.717) is 0 Å². The van der Waals surface area contributed by atoms with Crippen LogP contribution in [0.5, 0.6) is 0 Å². The summed E-state index contributed by atoms with van der Waals surface area (Å²) in [6.07, 6.45) is -5.29. The largest absolute Gasteiger partial charge is 0.444 e. The van der Waals surface area contributed by atoms with Crippen LogP contribution < -0.4 is 11.1 Å². The fourth-order valence-corrected chi connectivity index (χ4v) is 0.853. The lowest BCUT2D eigenvalue weighted by molar-refractivity contribution is -0.170. The molecule has 1 atom stereocenters. The van der Waals surface area contributed by atoms with Crippen molar-refractivity contribution in [2.24, 2.45) is 11.7 Å². The summed E-state index contributed by atoms with van der Waals surface area (Å²) in [5, 5.41) is 2.04. The first-order valence-electron chi connectivity index (χ1n) is 4.80. The molecule has 0 aromatic heterocycles. The number of amides is 1. The number of hydrogen-bond donors (Lipinski definition) is 2. The average molecular weight is 242 g/mol. The number of rotatable bonds is 3. The van der Waals surface area contributed by atoms with Crippen molar-refractivity contribution < 1.29 is 22.7 Å². The number of alkyl halides is 3. The molecular formula is C9H17F3N2O2. The second-order valence-electron chi connectivity index (χ2n) is 4.36. The molecule has 1 unspecified atom stereocenters. The van der Waals surface area contributed by atoms with Gasteiger partial charge in [0.15, 0.2) is 0 Å². The van der Waals surface area contributed by atoms with Crippen LogP contribution >= 0.6 is 0 Å². The van der Waals surface area contributed by atoms with E-state index in [9.17, 15) is 18.0 Å². The smallest absolute Gasteiger partial charge is 0.407 e. The summed E-state index contributed by atoms with van der Waals surface area (Å²) < 4.78 is 41.5. The van der Waals surface area contributed by atoms with Gasteiger partial charge in [-0.2, -0.15) is 13.2 Å². The van der Waals surface area contributed by atoms with Gasteiger partial charge in [-0.3, -0.25) is 0 Å². The maximum absolute atomic E-state index is 12.2. The molecular weight excluding hydrogens is 225 g/mol.